The van der Waals surface area contributed by atoms with Crippen LogP contribution in [0.25, 0.3) is 65.9 Å². The van der Waals surface area contributed by atoms with E-state index in [1.165, 1.54) is 10.3 Å². The first-order valence-corrected chi connectivity index (χ1v) is 15.2. The van der Waals surface area contributed by atoms with Crippen LogP contribution in [0.2, 0.25) is 0 Å². The molecule has 0 radical (unpaired) electrons. The van der Waals surface area contributed by atoms with Gasteiger partial charge >= 0.3 is 0 Å². The molecule has 9 nitrogen and oxygen atoms in total. The molecule has 9 rings (SSSR count). The Morgan fingerprint density at radius 1 is 0.644 bits per heavy atom. The highest BCUT2D eigenvalue weighted by Crippen LogP contribution is 2.30. The molecule has 0 spiro atoms. The minimum absolute atomic E-state index is 0.0516. The summed E-state index contributed by atoms with van der Waals surface area (Å²) in [4.78, 5) is 47.4. The van der Waals surface area contributed by atoms with Gasteiger partial charge in [-0.3, -0.25) is 24.5 Å². The summed E-state index contributed by atoms with van der Waals surface area (Å²) < 4.78 is 2.16. The minimum atomic E-state index is -0.0516. The Balaban J connectivity index is 0.000000150. The largest absolute Gasteiger partial charge is 0.354 e. The molecule has 4 aromatic carbocycles. The zero-order chi connectivity index (χ0) is 30.3. The first-order chi connectivity index (χ1) is 22.2. The molecule has 1 fully saturated rings. The molecule has 1 aliphatic heterocycles. The van der Waals surface area contributed by atoms with Crippen LogP contribution in [0.4, 0.5) is 0 Å². The monoisotopic (exact) mass is 591 g/mol. The van der Waals surface area contributed by atoms with E-state index in [1.54, 1.807) is 12.4 Å². The Hall–Kier alpha value is -5.70. The molecule has 0 unspecified atom stereocenters. The van der Waals surface area contributed by atoms with Crippen molar-refractivity contribution in [1.82, 2.24) is 34.4 Å². The van der Waals surface area contributed by atoms with Crippen LogP contribution in [0.15, 0.2) is 97.3 Å². The maximum absolute atomic E-state index is 12.0. The van der Waals surface area contributed by atoms with E-state index in [0.717, 1.165) is 60.6 Å². The zero-order valence-electron chi connectivity index (χ0n) is 24.5. The van der Waals surface area contributed by atoms with Crippen molar-refractivity contribution in [3.8, 4) is 0 Å². The molecular formula is C36H29N7O2. The van der Waals surface area contributed by atoms with Crippen LogP contribution in [0.1, 0.15) is 25.7 Å². The third-order valence-corrected chi connectivity index (χ3v) is 8.51. The molecule has 4 aromatic heterocycles. The summed E-state index contributed by atoms with van der Waals surface area (Å²) in [6, 6.07) is 28.4. The second kappa shape index (κ2) is 11.1. The van der Waals surface area contributed by atoms with Crippen molar-refractivity contribution < 1.29 is 9.59 Å². The van der Waals surface area contributed by atoms with Crippen molar-refractivity contribution in [2.75, 3.05) is 6.54 Å². The topological polar surface area (TPSA) is 110 Å². The molecule has 0 saturated carbocycles. The Labute approximate surface area is 257 Å². The van der Waals surface area contributed by atoms with Crippen LogP contribution in [-0.2, 0) is 16.1 Å². The number of fused-ring (bicyclic) bond motifs is 9. The van der Waals surface area contributed by atoms with Crippen molar-refractivity contribution in [3.63, 3.8) is 0 Å². The lowest BCUT2D eigenvalue weighted by molar-refractivity contribution is -0.148. The minimum Gasteiger partial charge on any atom is -0.354 e. The van der Waals surface area contributed by atoms with Gasteiger partial charge in [0.1, 0.15) is 5.52 Å². The quantitative estimate of drug-likeness (QED) is 0.222. The highest BCUT2D eigenvalue weighted by Gasteiger charge is 2.25. The number of aryl methyl sites for hydroxylation is 1. The number of carbonyl (C=O) groups excluding carboxylic acids is 2. The summed E-state index contributed by atoms with van der Waals surface area (Å²) >= 11 is 0. The number of nitrogens with one attached hydrogen (secondary N) is 1. The first kappa shape index (κ1) is 26.9. The summed E-state index contributed by atoms with van der Waals surface area (Å²) in [5, 5.41) is 3.43. The molecule has 8 aromatic rings. The highest BCUT2D eigenvalue weighted by atomic mass is 16.2. The number of aromatic amines is 1. The predicted molar refractivity (Wildman–Crippen MR) is 177 cm³/mol. The van der Waals surface area contributed by atoms with Gasteiger partial charge in [0.15, 0.2) is 5.65 Å². The molecular weight excluding hydrogens is 562 g/mol. The SMILES string of the molecule is O=C1CCCC(=O)N1CCCn1c2ccccc2c2nc3ccccc3nc21.c1ccc2c(c1)[nH]c1ccc3nccnc3c12. The molecule has 0 atom stereocenters. The van der Waals surface area contributed by atoms with E-state index in [-0.39, 0.29) is 11.8 Å². The van der Waals surface area contributed by atoms with Crippen molar-refractivity contribution in [1.29, 1.82) is 0 Å². The lowest BCUT2D eigenvalue weighted by Gasteiger charge is -2.24. The lowest BCUT2D eigenvalue weighted by atomic mass is 10.1. The summed E-state index contributed by atoms with van der Waals surface area (Å²) in [5.74, 6) is -0.103. The van der Waals surface area contributed by atoms with E-state index < -0.39 is 0 Å². The highest BCUT2D eigenvalue weighted by molar-refractivity contribution is 6.18. The number of hydrogen-bond acceptors (Lipinski definition) is 6. The number of carbonyl (C=O) groups is 2. The second-order valence-electron chi connectivity index (χ2n) is 11.3. The Morgan fingerprint density at radius 2 is 1.36 bits per heavy atom. The molecule has 2 amide bonds. The normalized spacial score (nSPS) is 13.8. The summed E-state index contributed by atoms with van der Waals surface area (Å²) in [6.45, 7) is 1.13. The van der Waals surface area contributed by atoms with Gasteiger partial charge in [-0.05, 0) is 49.2 Å². The fraction of sp³-hybridized carbons (Fsp3) is 0.167. The third-order valence-electron chi connectivity index (χ3n) is 8.51. The molecule has 5 heterocycles. The van der Waals surface area contributed by atoms with Crippen LogP contribution in [0.5, 0.6) is 0 Å². The van der Waals surface area contributed by atoms with E-state index in [9.17, 15) is 9.59 Å². The number of piperidine rings is 1. The number of likely N-dealkylation sites (tertiary alicyclic amines) is 1. The number of para-hydroxylation sites is 4. The van der Waals surface area contributed by atoms with Gasteiger partial charge in [0.2, 0.25) is 11.8 Å². The maximum atomic E-state index is 12.0. The van der Waals surface area contributed by atoms with Gasteiger partial charge in [-0.1, -0.05) is 48.5 Å². The number of benzene rings is 4. The van der Waals surface area contributed by atoms with Crippen LogP contribution in [0.3, 0.4) is 0 Å². The summed E-state index contributed by atoms with van der Waals surface area (Å²) in [7, 11) is 0. The Bertz CT molecular complexity index is 2390. The standard InChI is InChI=1S/C22H20N4O2.C14H9N3/c27-19-11-5-12-20(28)26(19)14-6-13-25-18-10-4-1-7-15(18)21-22(25)24-17-9-3-2-8-16(17)23-21;1-2-4-10-9(3-1)13-11(17-10)5-6-12-14(13)16-8-7-15-12/h1-4,7-10H,5-6,11-14H2;1-8,17H. The van der Waals surface area contributed by atoms with Gasteiger partial charge in [-0.25, -0.2) is 9.97 Å². The van der Waals surface area contributed by atoms with Crippen LogP contribution in [0, 0.1) is 0 Å². The average Bonchev–Trinajstić information content (AvgIpc) is 3.61. The average molecular weight is 592 g/mol. The number of hydrogen-bond donors (Lipinski definition) is 1. The summed E-state index contributed by atoms with van der Waals surface area (Å²) in [5.41, 5.74) is 8.69. The Morgan fingerprint density at radius 3 is 2.20 bits per heavy atom. The van der Waals surface area contributed by atoms with Gasteiger partial charge in [0.05, 0.1) is 27.6 Å². The van der Waals surface area contributed by atoms with Crippen molar-refractivity contribution in [2.24, 2.45) is 0 Å². The van der Waals surface area contributed by atoms with Gasteiger partial charge in [0, 0.05) is 65.5 Å². The fourth-order valence-corrected chi connectivity index (χ4v) is 6.41. The lowest BCUT2D eigenvalue weighted by Crippen LogP contribution is -2.40. The second-order valence-corrected chi connectivity index (χ2v) is 11.3. The molecule has 0 aliphatic carbocycles. The smallest absolute Gasteiger partial charge is 0.229 e. The van der Waals surface area contributed by atoms with Gasteiger partial charge in [-0.2, -0.15) is 0 Å². The van der Waals surface area contributed by atoms with Crippen molar-refractivity contribution in [3.05, 3.63) is 97.3 Å². The molecule has 1 N–H and O–H groups in total. The first-order valence-electron chi connectivity index (χ1n) is 15.2. The predicted octanol–water partition coefficient (Wildman–Crippen LogP) is 6.93. The number of rotatable bonds is 4. The number of aromatic nitrogens is 6. The van der Waals surface area contributed by atoms with E-state index in [1.807, 2.05) is 54.6 Å². The van der Waals surface area contributed by atoms with Gasteiger partial charge < -0.3 is 9.55 Å². The van der Waals surface area contributed by atoms with Crippen molar-refractivity contribution in [2.45, 2.75) is 32.2 Å². The van der Waals surface area contributed by atoms with E-state index in [0.29, 0.717) is 38.8 Å². The maximum Gasteiger partial charge on any atom is 0.229 e. The van der Waals surface area contributed by atoms with E-state index in [2.05, 4.69) is 49.9 Å². The molecule has 9 heteroatoms. The van der Waals surface area contributed by atoms with Gasteiger partial charge in [0.25, 0.3) is 0 Å². The van der Waals surface area contributed by atoms with Crippen molar-refractivity contribution >= 4 is 77.8 Å². The van der Waals surface area contributed by atoms with Gasteiger partial charge in [-0.15, -0.1) is 0 Å². The number of imide groups is 1. The number of amides is 2. The molecule has 0 bridgehead atoms. The van der Waals surface area contributed by atoms with Crippen LogP contribution >= 0.6 is 0 Å². The van der Waals surface area contributed by atoms with E-state index >= 15 is 0 Å². The molecule has 45 heavy (non-hydrogen) atoms. The third kappa shape index (κ3) is 4.73. The van der Waals surface area contributed by atoms with Crippen LogP contribution in [-0.4, -0.2) is 52.7 Å². The Kier molecular flexibility index (Phi) is 6.63. The fourth-order valence-electron chi connectivity index (χ4n) is 6.41. The number of H-pyrrole nitrogens is 1. The van der Waals surface area contributed by atoms with Crippen LogP contribution < -0.4 is 0 Å². The summed E-state index contributed by atoms with van der Waals surface area (Å²) in [6.07, 6.45) is 5.77. The zero-order valence-corrected chi connectivity index (χ0v) is 24.5. The molecule has 220 valence electrons. The molecule has 1 aliphatic rings. The number of nitrogens with zero attached hydrogens (tertiary/aromatic N) is 6. The van der Waals surface area contributed by atoms with E-state index in [4.69, 9.17) is 9.97 Å². The molecule has 1 saturated heterocycles.